The van der Waals surface area contributed by atoms with Gasteiger partial charge in [-0.1, -0.05) is 59.2 Å². The molecular formula is C27H17Cl2F3N4O2S. The first kappa shape index (κ1) is 26.9. The topological polar surface area (TPSA) is 68.5 Å². The third kappa shape index (κ3) is 5.68. The molecule has 3 aromatic carbocycles. The van der Waals surface area contributed by atoms with E-state index in [2.05, 4.69) is 15.4 Å². The molecule has 12 heteroatoms. The van der Waals surface area contributed by atoms with Crippen LogP contribution >= 0.6 is 35.0 Å². The largest absolute Gasteiger partial charge is 0.497 e. The van der Waals surface area contributed by atoms with E-state index in [0.717, 1.165) is 11.0 Å². The number of hydrogen-bond acceptors (Lipinski definition) is 5. The summed E-state index contributed by atoms with van der Waals surface area (Å²) in [6, 6.07) is 21.4. The van der Waals surface area contributed by atoms with Crippen LogP contribution in [0.3, 0.4) is 0 Å². The molecule has 0 radical (unpaired) electrons. The fourth-order valence-electron chi connectivity index (χ4n) is 3.74. The molecule has 0 fully saturated rings. The molecule has 5 aromatic rings. The molecule has 6 nitrogen and oxygen atoms in total. The van der Waals surface area contributed by atoms with E-state index in [-0.39, 0.29) is 16.4 Å². The van der Waals surface area contributed by atoms with Gasteiger partial charge in [-0.25, -0.2) is 9.50 Å². The first-order valence-corrected chi connectivity index (χ1v) is 12.9. The third-order valence-electron chi connectivity index (χ3n) is 5.58. The summed E-state index contributed by atoms with van der Waals surface area (Å²) < 4.78 is 47.9. The second-order valence-electron chi connectivity index (χ2n) is 8.16. The maximum absolute atomic E-state index is 14.1. The summed E-state index contributed by atoms with van der Waals surface area (Å²) >= 11 is 13.8. The number of para-hydroxylation sites is 1. The number of hydrogen-bond donors (Lipinski definition) is 1. The van der Waals surface area contributed by atoms with Crippen molar-refractivity contribution in [1.29, 1.82) is 0 Å². The number of nitrogens with one attached hydrogen (secondary N) is 1. The Balaban J connectivity index is 1.53. The van der Waals surface area contributed by atoms with E-state index in [4.69, 9.17) is 27.9 Å². The van der Waals surface area contributed by atoms with Crippen LogP contribution < -0.4 is 10.1 Å². The Labute approximate surface area is 234 Å². The number of ether oxygens (including phenoxy) is 1. The van der Waals surface area contributed by atoms with E-state index in [9.17, 15) is 18.0 Å². The van der Waals surface area contributed by atoms with Crippen molar-refractivity contribution in [2.45, 2.75) is 16.0 Å². The number of rotatable bonds is 6. The monoisotopic (exact) mass is 588 g/mol. The van der Waals surface area contributed by atoms with Crippen molar-refractivity contribution >= 4 is 52.2 Å². The highest BCUT2D eigenvalue weighted by atomic mass is 35.5. The average molecular weight is 589 g/mol. The number of methoxy groups -OCH3 is 1. The number of fused-ring (bicyclic) bond motifs is 1. The molecule has 0 atom stereocenters. The van der Waals surface area contributed by atoms with E-state index in [1.807, 2.05) is 12.1 Å². The van der Waals surface area contributed by atoms with Crippen LogP contribution in [0, 0.1) is 0 Å². The van der Waals surface area contributed by atoms with Crippen molar-refractivity contribution in [3.8, 4) is 17.0 Å². The molecule has 0 bridgehead atoms. The lowest BCUT2D eigenvalue weighted by Gasteiger charge is -2.11. The molecule has 0 saturated heterocycles. The summed E-state index contributed by atoms with van der Waals surface area (Å²) in [6.07, 6.45) is -4.81. The maximum Gasteiger partial charge on any atom is 0.433 e. The van der Waals surface area contributed by atoms with Gasteiger partial charge in [-0.3, -0.25) is 4.79 Å². The Morgan fingerprint density at radius 1 is 1.00 bits per heavy atom. The Bertz CT molecular complexity index is 1690. The SMILES string of the molecule is COc1cccc(-c2cc(C(F)(F)F)n3nc(C(=O)Nc4ccccc4Sc4ccc(Cl)cc4)c(Cl)c3n2)c1. The van der Waals surface area contributed by atoms with Crippen molar-refractivity contribution in [2.75, 3.05) is 12.4 Å². The molecule has 0 aliphatic heterocycles. The minimum absolute atomic E-state index is 0.00723. The number of halogens is 5. The number of amides is 1. The molecule has 0 aliphatic rings. The number of carbonyl (C=O) groups excluding carboxylic acids is 1. The number of nitrogens with zero attached hydrogens (tertiary/aromatic N) is 3. The Morgan fingerprint density at radius 3 is 2.46 bits per heavy atom. The number of anilines is 1. The molecule has 39 heavy (non-hydrogen) atoms. The average Bonchev–Trinajstić information content (AvgIpc) is 3.26. The van der Waals surface area contributed by atoms with E-state index in [1.54, 1.807) is 60.7 Å². The minimum atomic E-state index is -4.81. The van der Waals surface area contributed by atoms with Crippen molar-refractivity contribution in [3.05, 3.63) is 100 Å². The lowest BCUT2D eigenvalue weighted by Crippen LogP contribution is -2.16. The zero-order valence-corrected chi connectivity index (χ0v) is 22.3. The molecule has 0 spiro atoms. The highest BCUT2D eigenvalue weighted by molar-refractivity contribution is 7.99. The molecule has 2 heterocycles. The highest BCUT2D eigenvalue weighted by Gasteiger charge is 2.37. The van der Waals surface area contributed by atoms with Gasteiger partial charge in [0.2, 0.25) is 0 Å². The summed E-state index contributed by atoms with van der Waals surface area (Å²) in [7, 11) is 1.45. The fraction of sp³-hybridized carbons (Fsp3) is 0.0741. The normalized spacial score (nSPS) is 11.5. The second-order valence-corrected chi connectivity index (χ2v) is 10.1. The Kier molecular flexibility index (Phi) is 7.44. The number of alkyl halides is 3. The molecule has 1 N–H and O–H groups in total. The third-order valence-corrected chi connectivity index (χ3v) is 7.26. The van der Waals surface area contributed by atoms with Crippen molar-refractivity contribution in [2.24, 2.45) is 0 Å². The number of carbonyl (C=O) groups is 1. The van der Waals surface area contributed by atoms with E-state index in [0.29, 0.717) is 31.4 Å². The van der Waals surface area contributed by atoms with Crippen molar-refractivity contribution in [1.82, 2.24) is 14.6 Å². The number of benzene rings is 3. The quantitative estimate of drug-likeness (QED) is 0.217. The van der Waals surface area contributed by atoms with Gasteiger partial charge in [-0.05, 0) is 54.6 Å². The molecule has 0 aliphatic carbocycles. The lowest BCUT2D eigenvalue weighted by molar-refractivity contribution is -0.142. The summed E-state index contributed by atoms with van der Waals surface area (Å²) in [6.45, 7) is 0. The Morgan fingerprint density at radius 2 is 1.74 bits per heavy atom. The summed E-state index contributed by atoms with van der Waals surface area (Å²) in [5.41, 5.74) is -1.05. The molecule has 198 valence electrons. The summed E-state index contributed by atoms with van der Waals surface area (Å²) in [4.78, 5) is 19.1. The molecule has 0 unspecified atom stereocenters. The van der Waals surface area contributed by atoms with Crippen molar-refractivity contribution in [3.63, 3.8) is 0 Å². The van der Waals surface area contributed by atoms with Crippen LogP contribution in [0.15, 0.2) is 88.7 Å². The van der Waals surface area contributed by atoms with Gasteiger partial charge >= 0.3 is 6.18 Å². The van der Waals surface area contributed by atoms with Gasteiger partial charge in [0.1, 0.15) is 10.8 Å². The number of aromatic nitrogens is 3. The summed E-state index contributed by atoms with van der Waals surface area (Å²) in [5.74, 6) is -0.344. The van der Waals surface area contributed by atoms with Gasteiger partial charge in [0.15, 0.2) is 17.0 Å². The van der Waals surface area contributed by atoms with E-state index >= 15 is 0 Å². The Hall–Kier alpha value is -3.73. The van der Waals surface area contributed by atoms with Crippen LogP contribution in [0.5, 0.6) is 5.75 Å². The van der Waals surface area contributed by atoms with Gasteiger partial charge in [0, 0.05) is 20.4 Å². The zero-order chi connectivity index (χ0) is 27.7. The molecule has 5 rings (SSSR count). The van der Waals surface area contributed by atoms with Gasteiger partial charge in [-0.2, -0.15) is 18.3 Å². The fourth-order valence-corrected chi connectivity index (χ4v) is 5.01. The van der Waals surface area contributed by atoms with Gasteiger partial charge in [-0.15, -0.1) is 0 Å². The van der Waals surface area contributed by atoms with Crippen LogP contribution in [0.2, 0.25) is 10.0 Å². The minimum Gasteiger partial charge on any atom is -0.497 e. The van der Waals surface area contributed by atoms with Gasteiger partial charge in [0.05, 0.1) is 18.5 Å². The van der Waals surface area contributed by atoms with Crippen LogP contribution in [-0.4, -0.2) is 27.6 Å². The second kappa shape index (κ2) is 10.8. The smallest absolute Gasteiger partial charge is 0.433 e. The van der Waals surface area contributed by atoms with Crippen LogP contribution in [0.25, 0.3) is 16.9 Å². The van der Waals surface area contributed by atoms with Crippen LogP contribution in [0.4, 0.5) is 18.9 Å². The predicted molar refractivity (Wildman–Crippen MR) is 145 cm³/mol. The van der Waals surface area contributed by atoms with Gasteiger partial charge in [0.25, 0.3) is 5.91 Å². The standard InChI is InChI=1S/C27H17Cl2F3N4O2S/c1-38-17-6-4-5-15(13-17)20-14-22(27(30,31)32)36-25(33-20)23(29)24(35-36)26(37)34-19-7-2-3-8-21(19)39-18-11-9-16(28)10-12-18/h2-14H,1H3,(H,34,37). The predicted octanol–water partition coefficient (Wildman–Crippen LogP) is 8.13. The maximum atomic E-state index is 14.1. The first-order valence-electron chi connectivity index (χ1n) is 11.3. The molecular weight excluding hydrogens is 572 g/mol. The molecule has 0 saturated carbocycles. The van der Waals surface area contributed by atoms with Crippen molar-refractivity contribution < 1.29 is 22.7 Å². The van der Waals surface area contributed by atoms with Crippen LogP contribution in [0.1, 0.15) is 16.2 Å². The molecule has 2 aromatic heterocycles. The highest BCUT2D eigenvalue weighted by Crippen LogP contribution is 2.37. The van der Waals surface area contributed by atoms with E-state index in [1.165, 1.54) is 18.9 Å². The van der Waals surface area contributed by atoms with Crippen LogP contribution in [-0.2, 0) is 6.18 Å². The lowest BCUT2D eigenvalue weighted by atomic mass is 10.1. The zero-order valence-electron chi connectivity index (χ0n) is 20.0. The first-order chi connectivity index (χ1) is 18.6. The van der Waals surface area contributed by atoms with E-state index < -0.39 is 23.5 Å². The summed E-state index contributed by atoms with van der Waals surface area (Å²) in [5, 5.41) is 6.89. The van der Waals surface area contributed by atoms with Gasteiger partial charge < -0.3 is 10.1 Å². The molecule has 1 amide bonds.